The lowest BCUT2D eigenvalue weighted by molar-refractivity contribution is -0.116. The maximum atomic E-state index is 12.9. The van der Waals surface area contributed by atoms with Crippen LogP contribution >= 0.6 is 0 Å². The highest BCUT2D eigenvalue weighted by molar-refractivity contribution is 5.94. The van der Waals surface area contributed by atoms with E-state index in [9.17, 15) is 14.0 Å². The van der Waals surface area contributed by atoms with Gasteiger partial charge in [0.05, 0.1) is 6.61 Å². The summed E-state index contributed by atoms with van der Waals surface area (Å²) in [5, 5.41) is 5.60. The van der Waals surface area contributed by atoms with E-state index in [1.165, 1.54) is 37.1 Å². The number of hydrogen-bond donors (Lipinski definition) is 2. The molecule has 28 heavy (non-hydrogen) atoms. The Morgan fingerprint density at radius 3 is 2.64 bits per heavy atom. The second kappa shape index (κ2) is 9.99. The number of ether oxygens (including phenoxy) is 1. The van der Waals surface area contributed by atoms with Crippen molar-refractivity contribution >= 4 is 17.5 Å². The number of hydrogen-bond acceptors (Lipinski definition) is 3. The summed E-state index contributed by atoms with van der Waals surface area (Å²) < 4.78 is 18.5. The Morgan fingerprint density at radius 2 is 1.89 bits per heavy atom. The SMILES string of the molecule is O=C(CCCNC(=O)c1ccc(F)cc1)Nc1cccc(COCC2CC2)c1. The largest absolute Gasteiger partial charge is 0.376 e. The lowest BCUT2D eigenvalue weighted by Gasteiger charge is -2.09. The van der Waals surface area contributed by atoms with Crippen LogP contribution in [0.5, 0.6) is 0 Å². The van der Waals surface area contributed by atoms with E-state index in [0.29, 0.717) is 31.6 Å². The summed E-state index contributed by atoms with van der Waals surface area (Å²) in [5.74, 6) is -0.0374. The van der Waals surface area contributed by atoms with Crippen molar-refractivity contribution < 1.29 is 18.7 Å². The number of rotatable bonds is 10. The average molecular weight is 384 g/mol. The number of carbonyl (C=O) groups excluding carboxylic acids is 2. The van der Waals surface area contributed by atoms with E-state index in [0.717, 1.165) is 23.8 Å². The van der Waals surface area contributed by atoms with Crippen LogP contribution in [0.1, 0.15) is 41.6 Å². The summed E-state index contributed by atoms with van der Waals surface area (Å²) in [6.45, 7) is 1.73. The quantitative estimate of drug-likeness (QED) is 0.611. The molecule has 2 amide bonds. The molecule has 1 fully saturated rings. The van der Waals surface area contributed by atoms with Crippen molar-refractivity contribution in [3.05, 3.63) is 65.5 Å². The number of halogens is 1. The van der Waals surface area contributed by atoms with Gasteiger partial charge in [-0.3, -0.25) is 9.59 Å². The van der Waals surface area contributed by atoms with E-state index in [4.69, 9.17) is 4.74 Å². The molecule has 2 aromatic rings. The third-order valence-corrected chi connectivity index (χ3v) is 4.50. The molecular formula is C22H25FN2O3. The van der Waals surface area contributed by atoms with Gasteiger partial charge in [0.25, 0.3) is 5.91 Å². The number of nitrogens with one attached hydrogen (secondary N) is 2. The molecule has 0 aliphatic heterocycles. The summed E-state index contributed by atoms with van der Waals surface area (Å²) in [7, 11) is 0. The first-order valence-electron chi connectivity index (χ1n) is 9.60. The molecule has 1 aliphatic rings. The molecule has 0 spiro atoms. The molecular weight excluding hydrogens is 359 g/mol. The summed E-state index contributed by atoms with van der Waals surface area (Å²) in [4.78, 5) is 24.0. The van der Waals surface area contributed by atoms with Crippen molar-refractivity contribution in [2.75, 3.05) is 18.5 Å². The molecule has 0 radical (unpaired) electrons. The summed E-state index contributed by atoms with van der Waals surface area (Å²) in [6, 6.07) is 13.0. The zero-order valence-corrected chi connectivity index (χ0v) is 15.7. The fourth-order valence-corrected chi connectivity index (χ4v) is 2.74. The van der Waals surface area contributed by atoms with Gasteiger partial charge < -0.3 is 15.4 Å². The zero-order valence-electron chi connectivity index (χ0n) is 15.7. The first kappa shape index (κ1) is 20.0. The van der Waals surface area contributed by atoms with Crippen LogP contribution in [0.25, 0.3) is 0 Å². The second-order valence-electron chi connectivity index (χ2n) is 7.07. The van der Waals surface area contributed by atoms with Crippen LogP contribution in [0.15, 0.2) is 48.5 Å². The first-order chi connectivity index (χ1) is 13.6. The predicted molar refractivity (Wildman–Crippen MR) is 105 cm³/mol. The number of anilines is 1. The minimum absolute atomic E-state index is 0.105. The van der Waals surface area contributed by atoms with Crippen molar-refractivity contribution in [1.82, 2.24) is 5.32 Å². The standard InChI is InChI=1S/C22H25FN2O3/c23-19-10-8-18(9-11-19)22(27)24-12-2-5-21(26)25-20-4-1-3-17(13-20)15-28-14-16-6-7-16/h1,3-4,8-11,13,16H,2,5-7,12,14-15H2,(H,24,27)(H,25,26). The highest BCUT2D eigenvalue weighted by Crippen LogP contribution is 2.29. The topological polar surface area (TPSA) is 67.4 Å². The van der Waals surface area contributed by atoms with Gasteiger partial charge in [0.2, 0.25) is 5.91 Å². The van der Waals surface area contributed by atoms with Gasteiger partial charge in [-0.25, -0.2) is 4.39 Å². The smallest absolute Gasteiger partial charge is 0.251 e. The molecule has 1 aliphatic carbocycles. The molecule has 6 heteroatoms. The Bertz CT molecular complexity index is 804. The van der Waals surface area contributed by atoms with Crippen LogP contribution < -0.4 is 10.6 Å². The van der Waals surface area contributed by atoms with Gasteiger partial charge >= 0.3 is 0 Å². The van der Waals surface area contributed by atoms with Gasteiger partial charge in [0, 0.05) is 30.8 Å². The van der Waals surface area contributed by atoms with E-state index in [2.05, 4.69) is 10.6 Å². The van der Waals surface area contributed by atoms with Crippen molar-refractivity contribution in [2.45, 2.75) is 32.3 Å². The monoisotopic (exact) mass is 384 g/mol. The lowest BCUT2D eigenvalue weighted by Crippen LogP contribution is -2.25. The number of carbonyl (C=O) groups is 2. The average Bonchev–Trinajstić information content (AvgIpc) is 3.50. The summed E-state index contributed by atoms with van der Waals surface area (Å²) in [5.41, 5.74) is 2.17. The highest BCUT2D eigenvalue weighted by atomic mass is 19.1. The van der Waals surface area contributed by atoms with E-state index in [1.807, 2.05) is 24.3 Å². The van der Waals surface area contributed by atoms with Crippen molar-refractivity contribution in [2.24, 2.45) is 5.92 Å². The molecule has 5 nitrogen and oxygen atoms in total. The van der Waals surface area contributed by atoms with Crippen LogP contribution in [0.3, 0.4) is 0 Å². The van der Waals surface area contributed by atoms with Gasteiger partial charge in [-0.05, 0) is 67.1 Å². The number of benzene rings is 2. The summed E-state index contributed by atoms with van der Waals surface area (Å²) >= 11 is 0. The van der Waals surface area contributed by atoms with E-state index >= 15 is 0 Å². The summed E-state index contributed by atoms with van der Waals surface area (Å²) in [6.07, 6.45) is 3.34. The molecule has 3 rings (SSSR count). The van der Waals surface area contributed by atoms with E-state index in [-0.39, 0.29) is 17.6 Å². The minimum Gasteiger partial charge on any atom is -0.376 e. The zero-order chi connectivity index (χ0) is 19.8. The molecule has 0 unspecified atom stereocenters. The fraction of sp³-hybridized carbons (Fsp3) is 0.364. The van der Waals surface area contributed by atoms with Crippen LogP contribution in [0.2, 0.25) is 0 Å². The molecule has 0 saturated heterocycles. The fourth-order valence-electron chi connectivity index (χ4n) is 2.74. The molecule has 1 saturated carbocycles. The van der Waals surface area contributed by atoms with Gasteiger partial charge in [-0.1, -0.05) is 12.1 Å². The van der Waals surface area contributed by atoms with Crippen molar-refractivity contribution in [1.29, 1.82) is 0 Å². The van der Waals surface area contributed by atoms with Gasteiger partial charge in [-0.15, -0.1) is 0 Å². The van der Waals surface area contributed by atoms with Crippen LogP contribution in [-0.2, 0) is 16.1 Å². The van der Waals surface area contributed by atoms with Gasteiger partial charge in [-0.2, -0.15) is 0 Å². The minimum atomic E-state index is -0.383. The first-order valence-corrected chi connectivity index (χ1v) is 9.60. The normalized spacial score (nSPS) is 13.2. The van der Waals surface area contributed by atoms with Crippen molar-refractivity contribution in [3.8, 4) is 0 Å². The van der Waals surface area contributed by atoms with Gasteiger partial charge in [0.15, 0.2) is 0 Å². The second-order valence-corrected chi connectivity index (χ2v) is 7.07. The van der Waals surface area contributed by atoms with E-state index < -0.39 is 0 Å². The third kappa shape index (κ3) is 6.78. The Balaban J connectivity index is 1.34. The third-order valence-electron chi connectivity index (χ3n) is 4.50. The predicted octanol–water partition coefficient (Wildman–Crippen LogP) is 3.90. The van der Waals surface area contributed by atoms with Gasteiger partial charge in [0.1, 0.15) is 5.82 Å². The molecule has 0 heterocycles. The lowest BCUT2D eigenvalue weighted by atomic mass is 10.2. The van der Waals surface area contributed by atoms with E-state index in [1.54, 1.807) is 0 Å². The molecule has 148 valence electrons. The molecule has 0 atom stereocenters. The molecule has 2 aromatic carbocycles. The molecule has 0 aromatic heterocycles. The molecule has 0 bridgehead atoms. The number of amides is 2. The van der Waals surface area contributed by atoms with Crippen molar-refractivity contribution in [3.63, 3.8) is 0 Å². The van der Waals surface area contributed by atoms with Crippen LogP contribution in [0, 0.1) is 11.7 Å². The maximum absolute atomic E-state index is 12.9. The maximum Gasteiger partial charge on any atom is 0.251 e. The Morgan fingerprint density at radius 1 is 1.11 bits per heavy atom. The van der Waals surface area contributed by atoms with Crippen LogP contribution in [0.4, 0.5) is 10.1 Å². The van der Waals surface area contributed by atoms with Crippen LogP contribution in [-0.4, -0.2) is 25.0 Å². The highest BCUT2D eigenvalue weighted by Gasteiger charge is 2.21. The Kier molecular flexibility index (Phi) is 7.14. The molecule has 2 N–H and O–H groups in total. The Hall–Kier alpha value is -2.73. The Labute approximate surface area is 164 Å².